The molecule has 0 radical (unpaired) electrons. The van der Waals surface area contributed by atoms with E-state index in [0.717, 1.165) is 16.9 Å². The van der Waals surface area contributed by atoms with E-state index in [-0.39, 0.29) is 5.91 Å². The molecule has 152 valence electrons. The van der Waals surface area contributed by atoms with Gasteiger partial charge in [-0.1, -0.05) is 50.8 Å². The van der Waals surface area contributed by atoms with Gasteiger partial charge in [-0.25, -0.2) is 0 Å². The topological polar surface area (TPSA) is 52.6 Å². The number of benzene rings is 2. The average molecular weight is 403 g/mol. The van der Waals surface area contributed by atoms with Crippen molar-refractivity contribution in [3.05, 3.63) is 58.6 Å². The second-order valence-electron chi connectivity index (χ2n) is 7.21. The number of anilines is 2. The Kier molecular flexibility index (Phi) is 8.81. The minimum atomic E-state index is -0.399. The van der Waals surface area contributed by atoms with Gasteiger partial charge in [0, 0.05) is 35.1 Å². The lowest BCUT2D eigenvalue weighted by atomic mass is 10.1. The summed E-state index contributed by atoms with van der Waals surface area (Å²) in [4.78, 5) is 14.1. The SMILES string of the molecule is CCCCC.Cc1cc(C(=O)N2CCC(O)C2)ccc1Nc1cccc(Cl)c1. The third kappa shape index (κ3) is 6.54. The number of nitrogens with one attached hydrogen (secondary N) is 1. The molecule has 0 spiro atoms. The van der Waals surface area contributed by atoms with E-state index in [2.05, 4.69) is 19.2 Å². The highest BCUT2D eigenvalue weighted by atomic mass is 35.5. The zero-order valence-electron chi connectivity index (χ0n) is 17.0. The number of amides is 1. The summed E-state index contributed by atoms with van der Waals surface area (Å²) >= 11 is 5.99. The standard InChI is InChI=1S/C18H19ClN2O2.C5H12/c1-12-9-13(18(23)21-8-7-16(22)11-21)5-6-17(12)20-15-4-2-3-14(19)10-15;1-3-5-4-2/h2-6,9-10,16,20,22H,7-8,11H2,1H3;3-5H2,1-2H3. The summed E-state index contributed by atoms with van der Waals surface area (Å²) in [6.45, 7) is 7.41. The normalized spacial score (nSPS) is 15.8. The predicted molar refractivity (Wildman–Crippen MR) is 118 cm³/mol. The van der Waals surface area contributed by atoms with Gasteiger partial charge in [-0.2, -0.15) is 0 Å². The van der Waals surface area contributed by atoms with Crippen molar-refractivity contribution in [3.63, 3.8) is 0 Å². The second-order valence-corrected chi connectivity index (χ2v) is 7.65. The summed E-state index contributed by atoms with van der Waals surface area (Å²) in [5, 5.41) is 13.5. The minimum Gasteiger partial charge on any atom is -0.391 e. The van der Waals surface area contributed by atoms with Crippen molar-refractivity contribution in [3.8, 4) is 0 Å². The Labute approximate surface area is 173 Å². The number of aliphatic hydroxyl groups excluding tert-OH is 1. The first kappa shape index (κ1) is 22.3. The molecule has 1 atom stereocenters. The molecule has 1 aliphatic rings. The Morgan fingerprint density at radius 2 is 1.96 bits per heavy atom. The fraction of sp³-hybridized carbons (Fsp3) is 0.435. The van der Waals surface area contributed by atoms with Crippen LogP contribution < -0.4 is 5.32 Å². The predicted octanol–water partition coefficient (Wildman–Crippen LogP) is 5.80. The number of carbonyl (C=O) groups excluding carboxylic acids is 1. The van der Waals surface area contributed by atoms with E-state index in [1.807, 2.05) is 49.4 Å². The maximum Gasteiger partial charge on any atom is 0.253 e. The van der Waals surface area contributed by atoms with Gasteiger partial charge in [0.15, 0.2) is 0 Å². The lowest BCUT2D eigenvalue weighted by Crippen LogP contribution is -2.29. The van der Waals surface area contributed by atoms with Crippen molar-refractivity contribution in [2.45, 2.75) is 52.6 Å². The van der Waals surface area contributed by atoms with E-state index >= 15 is 0 Å². The van der Waals surface area contributed by atoms with E-state index < -0.39 is 6.10 Å². The molecule has 4 nitrogen and oxygen atoms in total. The van der Waals surface area contributed by atoms with E-state index in [1.54, 1.807) is 4.90 Å². The molecule has 1 fully saturated rings. The number of aliphatic hydroxyl groups is 1. The van der Waals surface area contributed by atoms with Gasteiger partial charge in [-0.3, -0.25) is 4.79 Å². The molecule has 5 heteroatoms. The molecule has 2 aromatic rings. The Hall–Kier alpha value is -2.04. The van der Waals surface area contributed by atoms with Gasteiger partial charge >= 0.3 is 0 Å². The number of carbonyl (C=O) groups is 1. The van der Waals surface area contributed by atoms with Crippen molar-refractivity contribution in [2.24, 2.45) is 0 Å². The lowest BCUT2D eigenvalue weighted by Gasteiger charge is -2.17. The third-order valence-electron chi connectivity index (χ3n) is 4.73. The Morgan fingerprint density at radius 3 is 2.50 bits per heavy atom. The summed E-state index contributed by atoms with van der Waals surface area (Å²) in [6, 6.07) is 13.1. The molecule has 0 bridgehead atoms. The minimum absolute atomic E-state index is 0.0287. The molecule has 2 N–H and O–H groups in total. The molecular formula is C23H31ClN2O2. The molecule has 0 saturated carbocycles. The number of rotatable bonds is 5. The van der Waals surface area contributed by atoms with Crippen LogP contribution in [0.4, 0.5) is 11.4 Å². The number of nitrogens with zero attached hydrogens (tertiary/aromatic N) is 1. The van der Waals surface area contributed by atoms with Crippen molar-refractivity contribution in [2.75, 3.05) is 18.4 Å². The summed E-state index contributed by atoms with van der Waals surface area (Å²) < 4.78 is 0. The summed E-state index contributed by atoms with van der Waals surface area (Å²) in [5.41, 5.74) is 3.47. The van der Waals surface area contributed by atoms with Crippen molar-refractivity contribution in [1.29, 1.82) is 0 Å². The smallest absolute Gasteiger partial charge is 0.253 e. The molecular weight excluding hydrogens is 372 g/mol. The molecule has 2 aromatic carbocycles. The third-order valence-corrected chi connectivity index (χ3v) is 4.97. The van der Waals surface area contributed by atoms with Crippen LogP contribution in [-0.4, -0.2) is 35.1 Å². The second kappa shape index (κ2) is 11.1. The zero-order chi connectivity index (χ0) is 20.5. The molecule has 1 aliphatic heterocycles. The maximum atomic E-state index is 12.4. The first-order valence-electron chi connectivity index (χ1n) is 10.0. The van der Waals surface area contributed by atoms with Gasteiger partial charge in [0.05, 0.1) is 6.10 Å². The molecule has 1 amide bonds. The lowest BCUT2D eigenvalue weighted by molar-refractivity contribution is 0.0765. The van der Waals surface area contributed by atoms with Gasteiger partial charge in [0.2, 0.25) is 0 Å². The molecule has 28 heavy (non-hydrogen) atoms. The van der Waals surface area contributed by atoms with Crippen LogP contribution in [0.5, 0.6) is 0 Å². The monoisotopic (exact) mass is 402 g/mol. The van der Waals surface area contributed by atoms with Crippen LogP contribution in [0.1, 0.15) is 55.5 Å². The van der Waals surface area contributed by atoms with Gasteiger partial charge in [0.25, 0.3) is 5.91 Å². The zero-order valence-corrected chi connectivity index (χ0v) is 17.8. The molecule has 0 aromatic heterocycles. The summed E-state index contributed by atoms with van der Waals surface area (Å²) in [7, 11) is 0. The van der Waals surface area contributed by atoms with Crippen LogP contribution in [0.2, 0.25) is 5.02 Å². The van der Waals surface area contributed by atoms with Crippen LogP contribution in [-0.2, 0) is 0 Å². The first-order chi connectivity index (χ1) is 13.4. The number of halogens is 1. The van der Waals surface area contributed by atoms with Gasteiger partial charge in [-0.15, -0.1) is 0 Å². The highest BCUT2D eigenvalue weighted by Gasteiger charge is 2.25. The number of likely N-dealkylation sites (tertiary alicyclic amines) is 1. The van der Waals surface area contributed by atoms with E-state index in [0.29, 0.717) is 30.1 Å². The van der Waals surface area contributed by atoms with Crippen LogP contribution >= 0.6 is 11.6 Å². The molecule has 0 aliphatic carbocycles. The van der Waals surface area contributed by atoms with Crippen LogP contribution in [0.25, 0.3) is 0 Å². The Balaban J connectivity index is 0.000000500. The van der Waals surface area contributed by atoms with Gasteiger partial charge < -0.3 is 15.3 Å². The summed E-state index contributed by atoms with van der Waals surface area (Å²) in [6.07, 6.45) is 4.33. The number of hydrogen-bond acceptors (Lipinski definition) is 3. The first-order valence-corrected chi connectivity index (χ1v) is 10.4. The van der Waals surface area contributed by atoms with E-state index in [4.69, 9.17) is 11.6 Å². The molecule has 3 rings (SSSR count). The van der Waals surface area contributed by atoms with Gasteiger partial charge in [0.1, 0.15) is 0 Å². The van der Waals surface area contributed by atoms with Crippen LogP contribution in [0.3, 0.4) is 0 Å². The summed E-state index contributed by atoms with van der Waals surface area (Å²) in [5.74, 6) is -0.0287. The molecule has 1 heterocycles. The quantitative estimate of drug-likeness (QED) is 0.664. The fourth-order valence-electron chi connectivity index (χ4n) is 3.12. The Morgan fingerprint density at radius 1 is 1.21 bits per heavy atom. The average Bonchev–Trinajstić information content (AvgIpc) is 3.10. The highest BCUT2D eigenvalue weighted by molar-refractivity contribution is 6.30. The molecule has 1 saturated heterocycles. The van der Waals surface area contributed by atoms with Crippen molar-refractivity contribution >= 4 is 28.9 Å². The highest BCUT2D eigenvalue weighted by Crippen LogP contribution is 2.24. The van der Waals surface area contributed by atoms with Crippen molar-refractivity contribution in [1.82, 2.24) is 4.90 Å². The number of aryl methyl sites for hydroxylation is 1. The fourth-order valence-corrected chi connectivity index (χ4v) is 3.31. The number of β-amino-alcohol motifs (C(OH)–C–C–N with tert-alkyl or cyclic N) is 1. The van der Waals surface area contributed by atoms with Crippen LogP contribution in [0.15, 0.2) is 42.5 Å². The Bertz CT molecular complexity index is 777. The number of hydrogen-bond donors (Lipinski definition) is 2. The van der Waals surface area contributed by atoms with Crippen molar-refractivity contribution < 1.29 is 9.90 Å². The van der Waals surface area contributed by atoms with E-state index in [9.17, 15) is 9.90 Å². The largest absolute Gasteiger partial charge is 0.391 e. The van der Waals surface area contributed by atoms with Crippen LogP contribution in [0, 0.1) is 6.92 Å². The molecule has 1 unspecified atom stereocenters. The van der Waals surface area contributed by atoms with E-state index in [1.165, 1.54) is 19.3 Å². The maximum absolute atomic E-state index is 12.4. The number of unbranched alkanes of at least 4 members (excludes halogenated alkanes) is 2. The van der Waals surface area contributed by atoms with Gasteiger partial charge in [-0.05, 0) is 55.3 Å².